The number of amides is 3. The van der Waals surface area contributed by atoms with Crippen LogP contribution in [0.2, 0.25) is 0 Å². The molecule has 4 rings (SSSR count). The van der Waals surface area contributed by atoms with Gasteiger partial charge in [-0.1, -0.05) is 24.4 Å². The van der Waals surface area contributed by atoms with Crippen molar-refractivity contribution in [2.24, 2.45) is 0 Å². The first kappa shape index (κ1) is 19.1. The van der Waals surface area contributed by atoms with Gasteiger partial charge in [-0.3, -0.25) is 14.6 Å². The third kappa shape index (κ3) is 3.30. The molecule has 3 heterocycles. The molecule has 0 radical (unpaired) electrons. The minimum absolute atomic E-state index is 0. The van der Waals surface area contributed by atoms with Crippen molar-refractivity contribution in [1.82, 2.24) is 30.6 Å². The van der Waals surface area contributed by atoms with E-state index in [0.29, 0.717) is 24.6 Å². The molecule has 2 N–H and O–H groups in total. The van der Waals surface area contributed by atoms with Crippen molar-refractivity contribution in [3.8, 4) is 0 Å². The predicted octanol–water partition coefficient (Wildman–Crippen LogP) is 0.822. The Balaban J connectivity index is 0.00000196. The van der Waals surface area contributed by atoms with Crippen LogP contribution in [0.15, 0.2) is 4.52 Å². The van der Waals surface area contributed by atoms with Gasteiger partial charge < -0.3 is 15.2 Å². The van der Waals surface area contributed by atoms with E-state index in [1.807, 2.05) is 7.05 Å². The zero-order valence-corrected chi connectivity index (χ0v) is 15.7. The number of nitrogens with zero attached hydrogens (tertiary/aromatic N) is 4. The summed E-state index contributed by atoms with van der Waals surface area (Å²) in [5, 5.41) is 10.3. The SMILES string of the molecule is CN1CCNCC1c1noc(CN2C(=O)NC3(CCCCC3)C2=O)n1.Cl. The van der Waals surface area contributed by atoms with Gasteiger partial charge in [0.05, 0.1) is 6.04 Å². The highest BCUT2D eigenvalue weighted by atomic mass is 35.5. The number of aromatic nitrogens is 2. The van der Waals surface area contributed by atoms with Gasteiger partial charge in [0.2, 0.25) is 5.89 Å². The fourth-order valence-corrected chi connectivity index (χ4v) is 4.01. The van der Waals surface area contributed by atoms with E-state index in [9.17, 15) is 9.59 Å². The Bertz CT molecular complexity index is 675. The van der Waals surface area contributed by atoms with Crippen molar-refractivity contribution in [2.45, 2.75) is 50.2 Å². The van der Waals surface area contributed by atoms with Gasteiger partial charge in [-0.2, -0.15) is 4.98 Å². The lowest BCUT2D eigenvalue weighted by atomic mass is 9.82. The normalized spacial score (nSPS) is 26.0. The highest BCUT2D eigenvalue weighted by molar-refractivity contribution is 6.06. The Morgan fingerprint density at radius 1 is 1.27 bits per heavy atom. The fraction of sp³-hybridized carbons (Fsp3) is 0.750. The Kier molecular flexibility index (Phi) is 5.50. The van der Waals surface area contributed by atoms with Crippen molar-refractivity contribution in [3.05, 3.63) is 11.7 Å². The van der Waals surface area contributed by atoms with E-state index >= 15 is 0 Å². The van der Waals surface area contributed by atoms with E-state index in [1.54, 1.807) is 0 Å². The molecule has 1 aromatic heterocycles. The first-order chi connectivity index (χ1) is 12.1. The Hall–Kier alpha value is -1.71. The molecule has 3 amide bonds. The average Bonchev–Trinajstić information content (AvgIpc) is 3.16. The molecule has 144 valence electrons. The minimum atomic E-state index is -0.717. The molecule has 10 heteroatoms. The van der Waals surface area contributed by atoms with E-state index in [-0.39, 0.29) is 36.9 Å². The second-order valence-corrected chi connectivity index (χ2v) is 7.21. The maximum absolute atomic E-state index is 12.8. The number of piperazine rings is 1. The highest BCUT2D eigenvalue weighted by Crippen LogP contribution is 2.34. The summed E-state index contributed by atoms with van der Waals surface area (Å²) in [7, 11) is 2.02. The van der Waals surface area contributed by atoms with Gasteiger partial charge in [0.1, 0.15) is 12.1 Å². The molecule has 1 saturated carbocycles. The predicted molar refractivity (Wildman–Crippen MR) is 94.7 cm³/mol. The molecule has 26 heavy (non-hydrogen) atoms. The fourth-order valence-electron chi connectivity index (χ4n) is 4.01. The first-order valence-corrected chi connectivity index (χ1v) is 8.97. The number of imide groups is 1. The molecule has 1 aromatic rings. The summed E-state index contributed by atoms with van der Waals surface area (Å²) in [6, 6.07) is -0.317. The van der Waals surface area contributed by atoms with Crippen LogP contribution < -0.4 is 10.6 Å². The zero-order chi connectivity index (χ0) is 17.4. The van der Waals surface area contributed by atoms with Crippen LogP contribution in [0.1, 0.15) is 49.9 Å². The van der Waals surface area contributed by atoms with Crippen molar-refractivity contribution in [1.29, 1.82) is 0 Å². The third-order valence-electron chi connectivity index (χ3n) is 5.54. The van der Waals surface area contributed by atoms with Crippen molar-refractivity contribution in [2.75, 3.05) is 26.7 Å². The second kappa shape index (κ2) is 7.50. The summed E-state index contributed by atoms with van der Waals surface area (Å²) in [6.07, 6.45) is 4.46. The quantitative estimate of drug-likeness (QED) is 0.743. The number of rotatable bonds is 3. The zero-order valence-electron chi connectivity index (χ0n) is 14.9. The van der Waals surface area contributed by atoms with E-state index in [0.717, 1.165) is 38.9 Å². The van der Waals surface area contributed by atoms with Crippen LogP contribution in [0.4, 0.5) is 4.79 Å². The van der Waals surface area contributed by atoms with Crippen LogP contribution in [-0.4, -0.2) is 64.1 Å². The molecule has 1 atom stereocenters. The number of carbonyl (C=O) groups excluding carboxylic acids is 2. The van der Waals surface area contributed by atoms with E-state index in [4.69, 9.17) is 4.52 Å². The van der Waals surface area contributed by atoms with Gasteiger partial charge in [-0.15, -0.1) is 12.4 Å². The van der Waals surface area contributed by atoms with Crippen molar-refractivity contribution < 1.29 is 14.1 Å². The van der Waals surface area contributed by atoms with Crippen LogP contribution >= 0.6 is 12.4 Å². The minimum Gasteiger partial charge on any atom is -0.337 e. The van der Waals surface area contributed by atoms with Gasteiger partial charge in [-0.25, -0.2) is 4.79 Å². The third-order valence-corrected chi connectivity index (χ3v) is 5.54. The number of carbonyl (C=O) groups is 2. The van der Waals surface area contributed by atoms with E-state index < -0.39 is 5.54 Å². The molecule has 1 aliphatic carbocycles. The Morgan fingerprint density at radius 3 is 2.77 bits per heavy atom. The van der Waals surface area contributed by atoms with E-state index in [1.165, 1.54) is 4.90 Å². The first-order valence-electron chi connectivity index (χ1n) is 8.97. The molecular formula is C16H25ClN6O3. The second-order valence-electron chi connectivity index (χ2n) is 7.21. The molecular weight excluding hydrogens is 360 g/mol. The molecule has 3 aliphatic rings. The van der Waals surface area contributed by atoms with Crippen LogP contribution in [0.25, 0.3) is 0 Å². The van der Waals surface area contributed by atoms with Crippen LogP contribution in [-0.2, 0) is 11.3 Å². The smallest absolute Gasteiger partial charge is 0.325 e. The Labute approximate surface area is 158 Å². The summed E-state index contributed by atoms with van der Waals surface area (Å²) in [5.74, 6) is 0.725. The number of hydrogen-bond acceptors (Lipinski definition) is 7. The molecule has 0 bridgehead atoms. The van der Waals surface area contributed by atoms with Crippen LogP contribution in [0, 0.1) is 0 Å². The molecule has 1 unspecified atom stereocenters. The lowest BCUT2D eigenvalue weighted by molar-refractivity contribution is -0.133. The maximum atomic E-state index is 12.8. The molecule has 0 aromatic carbocycles. The largest absolute Gasteiger partial charge is 0.337 e. The van der Waals surface area contributed by atoms with Crippen LogP contribution in [0.5, 0.6) is 0 Å². The molecule has 9 nitrogen and oxygen atoms in total. The lowest BCUT2D eigenvalue weighted by Crippen LogP contribution is -2.48. The monoisotopic (exact) mass is 384 g/mol. The van der Waals surface area contributed by atoms with Gasteiger partial charge in [0, 0.05) is 19.6 Å². The van der Waals surface area contributed by atoms with Gasteiger partial charge in [0.15, 0.2) is 5.82 Å². The highest BCUT2D eigenvalue weighted by Gasteiger charge is 2.51. The molecule has 2 aliphatic heterocycles. The average molecular weight is 385 g/mol. The van der Waals surface area contributed by atoms with Gasteiger partial charge in [0.25, 0.3) is 5.91 Å². The van der Waals surface area contributed by atoms with Gasteiger partial charge >= 0.3 is 6.03 Å². The molecule has 3 fully saturated rings. The standard InChI is InChI=1S/C16H24N6O3.ClH/c1-21-8-7-17-9-11(21)13-18-12(25-20-13)10-22-14(23)16(19-15(22)24)5-3-2-4-6-16;/h11,17H,2-10H2,1H3,(H,19,24);1H. The lowest BCUT2D eigenvalue weighted by Gasteiger charge is -2.30. The van der Waals surface area contributed by atoms with Crippen molar-refractivity contribution >= 4 is 24.3 Å². The topological polar surface area (TPSA) is 104 Å². The number of hydrogen-bond donors (Lipinski definition) is 2. The van der Waals surface area contributed by atoms with Gasteiger partial charge in [-0.05, 0) is 19.9 Å². The summed E-state index contributed by atoms with van der Waals surface area (Å²) in [6.45, 7) is 2.62. The summed E-state index contributed by atoms with van der Waals surface area (Å²) < 4.78 is 5.31. The summed E-state index contributed by atoms with van der Waals surface area (Å²) in [4.78, 5) is 32.9. The molecule has 2 saturated heterocycles. The van der Waals surface area contributed by atoms with E-state index in [2.05, 4.69) is 25.7 Å². The maximum Gasteiger partial charge on any atom is 0.325 e. The summed E-state index contributed by atoms with van der Waals surface area (Å²) in [5.41, 5.74) is -0.717. The Morgan fingerprint density at radius 2 is 2.04 bits per heavy atom. The van der Waals surface area contributed by atoms with Crippen LogP contribution in [0.3, 0.4) is 0 Å². The van der Waals surface area contributed by atoms with Crippen molar-refractivity contribution in [3.63, 3.8) is 0 Å². The number of halogens is 1. The summed E-state index contributed by atoms with van der Waals surface area (Å²) >= 11 is 0. The number of nitrogens with one attached hydrogen (secondary N) is 2. The molecule has 1 spiro atoms. The number of likely N-dealkylation sites (N-methyl/N-ethyl adjacent to an activating group) is 1. The number of urea groups is 1.